The zero-order valence-corrected chi connectivity index (χ0v) is 18.7. The van der Waals surface area contributed by atoms with Crippen molar-refractivity contribution in [2.45, 2.75) is 57.5 Å². The van der Waals surface area contributed by atoms with E-state index in [1.807, 2.05) is 42.5 Å². The molecule has 1 saturated heterocycles. The molecule has 0 aromatic heterocycles. The number of cyclic esters (lactones) is 1. The number of carbonyl (C=O) groups is 3. The molecule has 1 aromatic rings. The molecule has 32 heavy (non-hydrogen) atoms. The van der Waals surface area contributed by atoms with E-state index < -0.39 is 5.92 Å². The largest absolute Gasteiger partial charge is 0.463 e. The van der Waals surface area contributed by atoms with Gasteiger partial charge in [-0.05, 0) is 44.6 Å². The summed E-state index contributed by atoms with van der Waals surface area (Å²) in [6.07, 6.45) is 7.11. The maximum atomic E-state index is 12.8. The first-order valence-electron chi connectivity index (χ1n) is 11.5. The van der Waals surface area contributed by atoms with Gasteiger partial charge in [-0.1, -0.05) is 42.5 Å². The molecule has 0 saturated carbocycles. The van der Waals surface area contributed by atoms with Crippen LogP contribution in [-0.4, -0.2) is 59.6 Å². The molecule has 3 rings (SSSR count). The van der Waals surface area contributed by atoms with E-state index in [-0.39, 0.29) is 55.4 Å². The predicted molar refractivity (Wildman–Crippen MR) is 121 cm³/mol. The second kappa shape index (κ2) is 11.8. The Morgan fingerprint density at radius 3 is 2.59 bits per heavy atom. The Morgan fingerprint density at radius 2 is 1.88 bits per heavy atom. The zero-order valence-electron chi connectivity index (χ0n) is 18.7. The first-order valence-corrected chi connectivity index (χ1v) is 11.5. The number of nitrogens with zero attached hydrogens (tertiary/aromatic N) is 1. The van der Waals surface area contributed by atoms with Gasteiger partial charge in [-0.3, -0.25) is 14.4 Å². The van der Waals surface area contributed by atoms with Crippen molar-refractivity contribution in [2.75, 3.05) is 19.8 Å². The summed E-state index contributed by atoms with van der Waals surface area (Å²) in [4.78, 5) is 40.0. The molecule has 2 amide bonds. The number of hydrogen-bond donors (Lipinski definition) is 2. The molecule has 1 fully saturated rings. The number of aliphatic hydroxyl groups is 1. The monoisotopic (exact) mass is 442 g/mol. The number of esters is 1. The lowest BCUT2D eigenvalue weighted by molar-refractivity contribution is -0.149. The normalized spacial score (nSPS) is 27.2. The fraction of sp³-hybridized carbons (Fsp3) is 0.560. The van der Waals surface area contributed by atoms with Gasteiger partial charge in [-0.15, -0.1) is 0 Å². The van der Waals surface area contributed by atoms with E-state index >= 15 is 0 Å². The van der Waals surface area contributed by atoms with Crippen LogP contribution in [0.3, 0.4) is 0 Å². The number of benzene rings is 1. The summed E-state index contributed by atoms with van der Waals surface area (Å²) >= 11 is 0. The quantitative estimate of drug-likeness (QED) is 0.539. The third-order valence-electron chi connectivity index (χ3n) is 6.23. The van der Waals surface area contributed by atoms with Gasteiger partial charge in [0.1, 0.15) is 6.61 Å². The summed E-state index contributed by atoms with van der Waals surface area (Å²) < 4.78 is 5.50. The Hall–Kier alpha value is -2.67. The van der Waals surface area contributed by atoms with Gasteiger partial charge in [0, 0.05) is 13.0 Å². The van der Waals surface area contributed by atoms with E-state index in [2.05, 4.69) is 5.32 Å². The van der Waals surface area contributed by atoms with Gasteiger partial charge in [-0.2, -0.15) is 0 Å². The molecular weight excluding hydrogens is 408 g/mol. The van der Waals surface area contributed by atoms with Gasteiger partial charge in [0.05, 0.1) is 30.5 Å². The molecule has 0 unspecified atom stereocenters. The summed E-state index contributed by atoms with van der Waals surface area (Å²) in [5, 5.41) is 12.4. The third kappa shape index (κ3) is 6.66. The molecule has 2 aliphatic rings. The lowest BCUT2D eigenvalue weighted by Crippen LogP contribution is -2.43. The SMILES string of the molecule is C[C@H]1COC(=O)[C@H](Cc2ccccc2)CC=CC[C@H](CC(=O)N2CCC[C@H]2CO)C(=O)N1. The molecule has 2 aliphatic heterocycles. The Morgan fingerprint density at radius 1 is 1.16 bits per heavy atom. The molecule has 2 heterocycles. The fourth-order valence-corrected chi connectivity index (χ4v) is 4.37. The Kier molecular flexibility index (Phi) is 8.85. The number of amides is 2. The first kappa shape index (κ1) is 24.0. The van der Waals surface area contributed by atoms with Crippen molar-refractivity contribution in [2.24, 2.45) is 11.8 Å². The van der Waals surface area contributed by atoms with E-state index in [0.717, 1.165) is 18.4 Å². The molecule has 7 nitrogen and oxygen atoms in total. The molecule has 1 aromatic carbocycles. The second-order valence-corrected chi connectivity index (χ2v) is 8.84. The van der Waals surface area contributed by atoms with Crippen LogP contribution in [0.25, 0.3) is 0 Å². The molecule has 0 spiro atoms. The average molecular weight is 443 g/mol. The first-order chi connectivity index (χ1) is 15.5. The summed E-state index contributed by atoms with van der Waals surface area (Å²) in [7, 11) is 0. The minimum Gasteiger partial charge on any atom is -0.463 e. The van der Waals surface area contributed by atoms with Crippen molar-refractivity contribution in [3.63, 3.8) is 0 Å². The highest BCUT2D eigenvalue weighted by Gasteiger charge is 2.31. The standard InChI is InChI=1S/C25H34N2O5/c1-18-17-32-25(31)21(14-19-8-3-2-4-9-19)11-6-5-10-20(24(30)26-18)15-23(29)27-13-7-12-22(27)16-28/h2-6,8-9,18,20-22,28H,7,10-17H2,1H3,(H,26,30)/t18-,20+,21-,22-/m0/s1. The van der Waals surface area contributed by atoms with Crippen LogP contribution < -0.4 is 5.32 Å². The van der Waals surface area contributed by atoms with E-state index in [9.17, 15) is 19.5 Å². The molecule has 0 aliphatic carbocycles. The summed E-state index contributed by atoms with van der Waals surface area (Å²) in [5.41, 5.74) is 1.07. The van der Waals surface area contributed by atoms with Crippen molar-refractivity contribution < 1.29 is 24.2 Å². The zero-order chi connectivity index (χ0) is 22.9. The molecular formula is C25H34N2O5. The topological polar surface area (TPSA) is 95.9 Å². The highest BCUT2D eigenvalue weighted by Crippen LogP contribution is 2.22. The minimum atomic E-state index is -0.496. The van der Waals surface area contributed by atoms with Crippen LogP contribution in [0, 0.1) is 11.8 Å². The molecule has 0 bridgehead atoms. The van der Waals surface area contributed by atoms with E-state index in [1.54, 1.807) is 11.8 Å². The minimum absolute atomic E-state index is 0.0479. The Balaban J connectivity index is 1.68. The number of ether oxygens (including phenoxy) is 1. The van der Waals surface area contributed by atoms with Gasteiger partial charge in [0.2, 0.25) is 11.8 Å². The second-order valence-electron chi connectivity index (χ2n) is 8.84. The Bertz CT molecular complexity index is 810. The van der Waals surface area contributed by atoms with Crippen molar-refractivity contribution >= 4 is 17.8 Å². The van der Waals surface area contributed by atoms with Crippen molar-refractivity contribution in [1.82, 2.24) is 10.2 Å². The van der Waals surface area contributed by atoms with E-state index in [4.69, 9.17) is 4.74 Å². The van der Waals surface area contributed by atoms with Crippen LogP contribution >= 0.6 is 0 Å². The van der Waals surface area contributed by atoms with Crippen LogP contribution in [0.1, 0.15) is 44.6 Å². The third-order valence-corrected chi connectivity index (χ3v) is 6.23. The molecule has 7 heteroatoms. The maximum Gasteiger partial charge on any atom is 0.309 e. The van der Waals surface area contributed by atoms with Gasteiger partial charge in [-0.25, -0.2) is 0 Å². The van der Waals surface area contributed by atoms with Crippen LogP contribution in [0.5, 0.6) is 0 Å². The molecule has 0 radical (unpaired) electrons. The van der Waals surface area contributed by atoms with Crippen molar-refractivity contribution in [1.29, 1.82) is 0 Å². The number of rotatable bonds is 5. The number of hydrogen-bond acceptors (Lipinski definition) is 5. The number of nitrogens with one attached hydrogen (secondary N) is 1. The Labute approximate surface area is 189 Å². The summed E-state index contributed by atoms with van der Waals surface area (Å²) in [5.74, 6) is -1.37. The number of aliphatic hydroxyl groups excluding tert-OH is 1. The lowest BCUT2D eigenvalue weighted by atomic mass is 9.94. The van der Waals surface area contributed by atoms with Crippen LogP contribution in [0.4, 0.5) is 0 Å². The molecule has 4 atom stereocenters. The molecule has 174 valence electrons. The number of carbonyl (C=O) groups excluding carboxylic acids is 3. The summed E-state index contributed by atoms with van der Waals surface area (Å²) in [6.45, 7) is 2.47. The number of likely N-dealkylation sites (tertiary alicyclic amines) is 1. The van der Waals surface area contributed by atoms with Gasteiger partial charge < -0.3 is 20.1 Å². The molecule has 2 N–H and O–H groups in total. The van der Waals surface area contributed by atoms with Crippen molar-refractivity contribution in [3.8, 4) is 0 Å². The fourth-order valence-electron chi connectivity index (χ4n) is 4.37. The van der Waals surface area contributed by atoms with Gasteiger partial charge >= 0.3 is 5.97 Å². The lowest BCUT2D eigenvalue weighted by Gasteiger charge is -2.26. The maximum absolute atomic E-state index is 12.8. The average Bonchev–Trinajstić information content (AvgIpc) is 3.27. The predicted octanol–water partition coefficient (Wildman–Crippen LogP) is 2.23. The highest BCUT2D eigenvalue weighted by atomic mass is 16.5. The van der Waals surface area contributed by atoms with E-state index in [1.165, 1.54) is 0 Å². The van der Waals surface area contributed by atoms with Crippen LogP contribution in [0.2, 0.25) is 0 Å². The van der Waals surface area contributed by atoms with Gasteiger partial charge in [0.25, 0.3) is 0 Å². The van der Waals surface area contributed by atoms with E-state index in [0.29, 0.717) is 25.8 Å². The highest BCUT2D eigenvalue weighted by molar-refractivity contribution is 5.86. The number of allylic oxidation sites excluding steroid dienone is 2. The van der Waals surface area contributed by atoms with Gasteiger partial charge in [0.15, 0.2) is 0 Å². The summed E-state index contributed by atoms with van der Waals surface area (Å²) in [6, 6.07) is 9.34. The van der Waals surface area contributed by atoms with Crippen molar-refractivity contribution in [3.05, 3.63) is 48.0 Å². The van der Waals surface area contributed by atoms with Crippen LogP contribution in [0.15, 0.2) is 42.5 Å². The smallest absolute Gasteiger partial charge is 0.309 e. The van der Waals surface area contributed by atoms with Crippen LogP contribution in [-0.2, 0) is 25.5 Å².